The maximum absolute atomic E-state index is 12.7. The molecular weight excluding hydrogens is 364 g/mol. The molecule has 8 heteroatoms. The number of nitriles is 1. The molecule has 2 atom stereocenters. The van der Waals surface area contributed by atoms with Crippen molar-refractivity contribution >= 4 is 21.6 Å². The van der Waals surface area contributed by atoms with Gasteiger partial charge in [-0.1, -0.05) is 25.1 Å². The molecular formula is C19H22N4O3S. The molecule has 0 spiro atoms. The second-order valence-corrected chi connectivity index (χ2v) is 8.65. The second-order valence-electron chi connectivity index (χ2n) is 6.81. The van der Waals surface area contributed by atoms with Crippen LogP contribution in [0.25, 0.3) is 0 Å². The maximum atomic E-state index is 12.7. The number of likely N-dealkylation sites (N-methyl/N-ethyl adjacent to an activating group) is 1. The molecule has 2 heterocycles. The van der Waals surface area contributed by atoms with Crippen molar-refractivity contribution in [3.8, 4) is 6.07 Å². The summed E-state index contributed by atoms with van der Waals surface area (Å²) in [6, 6.07) is 12.0. The number of carbonyl (C=O) groups is 1. The van der Waals surface area contributed by atoms with Gasteiger partial charge in [-0.2, -0.15) is 5.26 Å². The summed E-state index contributed by atoms with van der Waals surface area (Å²) in [4.78, 5) is 15.9. The summed E-state index contributed by atoms with van der Waals surface area (Å²) in [6.45, 7) is 3.17. The van der Waals surface area contributed by atoms with Crippen molar-refractivity contribution in [3.63, 3.8) is 0 Å². The lowest BCUT2D eigenvalue weighted by molar-refractivity contribution is -0.129. The molecule has 27 heavy (non-hydrogen) atoms. The Bertz CT molecular complexity index is 962. The molecule has 7 nitrogen and oxygen atoms in total. The Balaban J connectivity index is 1.79. The molecule has 1 fully saturated rings. The van der Waals surface area contributed by atoms with Crippen molar-refractivity contribution in [2.75, 3.05) is 25.0 Å². The quantitative estimate of drug-likeness (QED) is 0.784. The topological polar surface area (TPSA) is 86.4 Å². The number of rotatable bonds is 5. The van der Waals surface area contributed by atoms with Gasteiger partial charge >= 0.3 is 0 Å². The van der Waals surface area contributed by atoms with Crippen LogP contribution in [-0.2, 0) is 14.8 Å². The minimum absolute atomic E-state index is 0.0583. The summed E-state index contributed by atoms with van der Waals surface area (Å²) in [5, 5.41) is 8.72. The summed E-state index contributed by atoms with van der Waals surface area (Å²) < 4.78 is 26.7. The van der Waals surface area contributed by atoms with E-state index >= 15 is 0 Å². The molecule has 142 valence electrons. The summed E-state index contributed by atoms with van der Waals surface area (Å²) in [7, 11) is -1.73. The maximum Gasteiger partial charge on any atom is 0.267 e. The number of aromatic nitrogens is 1. The summed E-state index contributed by atoms with van der Waals surface area (Å²) in [5.74, 6) is 0.0520. The molecule has 0 N–H and O–H groups in total. The minimum atomic E-state index is -3.63. The first-order chi connectivity index (χ1) is 12.8. The number of likely N-dealkylation sites (tertiary alicyclic amines) is 1. The highest BCUT2D eigenvalue weighted by molar-refractivity contribution is 7.90. The SMILES string of the molecule is C[C@H]1CN(C(=O)CC#N)C[C@H]1N(C)c1ccn(S(=O)(=O)c2ccccc2)c1. The van der Waals surface area contributed by atoms with E-state index < -0.39 is 10.0 Å². The van der Waals surface area contributed by atoms with E-state index in [9.17, 15) is 13.2 Å². The van der Waals surface area contributed by atoms with Crippen LogP contribution >= 0.6 is 0 Å². The van der Waals surface area contributed by atoms with Crippen LogP contribution in [0.3, 0.4) is 0 Å². The van der Waals surface area contributed by atoms with Gasteiger partial charge in [0.05, 0.1) is 22.7 Å². The highest BCUT2D eigenvalue weighted by Gasteiger charge is 2.35. The molecule has 3 rings (SSSR count). The summed E-state index contributed by atoms with van der Waals surface area (Å²) >= 11 is 0. The van der Waals surface area contributed by atoms with E-state index in [0.717, 1.165) is 5.69 Å². The second kappa shape index (κ2) is 7.45. The molecule has 1 amide bonds. The summed E-state index contributed by atoms with van der Waals surface area (Å²) in [5.41, 5.74) is 0.765. The molecule has 0 unspecified atom stereocenters. The Labute approximate surface area is 159 Å². The van der Waals surface area contributed by atoms with Crippen molar-refractivity contribution in [2.45, 2.75) is 24.3 Å². The van der Waals surface area contributed by atoms with Crippen LogP contribution < -0.4 is 4.90 Å². The van der Waals surface area contributed by atoms with E-state index in [1.807, 2.05) is 18.0 Å². The van der Waals surface area contributed by atoms with Crippen molar-refractivity contribution in [2.24, 2.45) is 5.92 Å². The normalized spacial score (nSPS) is 19.7. The largest absolute Gasteiger partial charge is 0.368 e. The fraction of sp³-hybridized carbons (Fsp3) is 0.368. The van der Waals surface area contributed by atoms with Crippen molar-refractivity contribution < 1.29 is 13.2 Å². The highest BCUT2D eigenvalue weighted by atomic mass is 32.2. The number of benzene rings is 1. The van der Waals surface area contributed by atoms with Crippen LogP contribution in [0.2, 0.25) is 0 Å². The fourth-order valence-corrected chi connectivity index (χ4v) is 4.68. The van der Waals surface area contributed by atoms with Gasteiger partial charge in [-0.3, -0.25) is 4.79 Å². The number of amides is 1. The minimum Gasteiger partial charge on any atom is -0.368 e. The van der Waals surface area contributed by atoms with E-state index in [0.29, 0.717) is 13.1 Å². The highest BCUT2D eigenvalue weighted by Crippen LogP contribution is 2.27. The molecule has 1 aromatic carbocycles. The van der Waals surface area contributed by atoms with E-state index in [-0.39, 0.29) is 29.2 Å². The Kier molecular flexibility index (Phi) is 5.24. The predicted molar refractivity (Wildman–Crippen MR) is 102 cm³/mol. The Hall–Kier alpha value is -2.79. The average molecular weight is 386 g/mol. The van der Waals surface area contributed by atoms with E-state index in [4.69, 9.17) is 5.26 Å². The first-order valence-corrected chi connectivity index (χ1v) is 10.1. The van der Waals surface area contributed by atoms with Crippen LogP contribution in [0.15, 0.2) is 53.7 Å². The van der Waals surface area contributed by atoms with Gasteiger partial charge in [-0.15, -0.1) is 0 Å². The predicted octanol–water partition coefficient (Wildman–Crippen LogP) is 1.92. The van der Waals surface area contributed by atoms with Gasteiger partial charge in [0.1, 0.15) is 6.42 Å². The third kappa shape index (κ3) is 3.69. The summed E-state index contributed by atoms with van der Waals surface area (Å²) in [6.07, 6.45) is 3.01. The first kappa shape index (κ1) is 19.0. The third-order valence-corrected chi connectivity index (χ3v) is 6.68. The van der Waals surface area contributed by atoms with Crippen LogP contribution in [-0.4, -0.2) is 49.4 Å². The van der Waals surface area contributed by atoms with Gasteiger partial charge in [0.2, 0.25) is 5.91 Å². The smallest absolute Gasteiger partial charge is 0.267 e. The van der Waals surface area contributed by atoms with Crippen LogP contribution in [0.1, 0.15) is 13.3 Å². The molecule has 0 bridgehead atoms. The lowest BCUT2D eigenvalue weighted by Gasteiger charge is -2.28. The fourth-order valence-electron chi connectivity index (χ4n) is 3.47. The third-order valence-electron chi connectivity index (χ3n) is 5.03. The average Bonchev–Trinajstić information content (AvgIpc) is 3.30. The molecule has 1 aliphatic rings. The number of nitrogens with zero attached hydrogens (tertiary/aromatic N) is 4. The van der Waals surface area contributed by atoms with E-state index in [1.54, 1.807) is 47.5 Å². The molecule has 0 radical (unpaired) electrons. The molecule has 1 aliphatic heterocycles. The lowest BCUT2D eigenvalue weighted by atomic mass is 10.1. The molecule has 0 saturated carbocycles. The zero-order valence-corrected chi connectivity index (χ0v) is 16.1. The van der Waals surface area contributed by atoms with Crippen molar-refractivity contribution in [1.82, 2.24) is 8.87 Å². The zero-order valence-electron chi connectivity index (χ0n) is 15.3. The standard InChI is InChI=1S/C19H22N4O3S/c1-15-12-22(19(24)8-10-20)14-18(15)21(2)16-9-11-23(13-16)27(25,26)17-6-4-3-5-7-17/h3-7,9,11,13,15,18H,8,12,14H2,1-2H3/t15-,18+/m0/s1. The number of anilines is 1. The molecule has 1 aromatic heterocycles. The number of carbonyl (C=O) groups excluding carboxylic acids is 1. The van der Waals surface area contributed by atoms with Crippen LogP contribution in [0, 0.1) is 17.2 Å². The molecule has 1 saturated heterocycles. The Morgan fingerprint density at radius 1 is 1.26 bits per heavy atom. The van der Waals surface area contributed by atoms with E-state index in [2.05, 4.69) is 6.92 Å². The van der Waals surface area contributed by atoms with Crippen molar-refractivity contribution in [3.05, 3.63) is 48.8 Å². The van der Waals surface area contributed by atoms with Crippen LogP contribution in [0.4, 0.5) is 5.69 Å². The van der Waals surface area contributed by atoms with Gasteiger partial charge in [0, 0.05) is 32.5 Å². The Morgan fingerprint density at radius 2 is 1.96 bits per heavy atom. The van der Waals surface area contributed by atoms with Gasteiger partial charge < -0.3 is 9.80 Å². The molecule has 0 aliphatic carbocycles. The van der Waals surface area contributed by atoms with Gasteiger partial charge in [0.25, 0.3) is 10.0 Å². The Morgan fingerprint density at radius 3 is 2.63 bits per heavy atom. The zero-order chi connectivity index (χ0) is 19.6. The first-order valence-electron chi connectivity index (χ1n) is 8.70. The van der Waals surface area contributed by atoms with Gasteiger partial charge in [0.15, 0.2) is 0 Å². The number of hydrogen-bond donors (Lipinski definition) is 0. The van der Waals surface area contributed by atoms with Gasteiger partial charge in [-0.25, -0.2) is 12.4 Å². The lowest BCUT2D eigenvalue weighted by Crippen LogP contribution is -2.38. The van der Waals surface area contributed by atoms with E-state index in [1.165, 1.54) is 10.2 Å². The monoisotopic (exact) mass is 386 g/mol. The van der Waals surface area contributed by atoms with Gasteiger partial charge in [-0.05, 0) is 24.1 Å². The van der Waals surface area contributed by atoms with Crippen LogP contribution in [0.5, 0.6) is 0 Å². The number of hydrogen-bond acceptors (Lipinski definition) is 5. The van der Waals surface area contributed by atoms with Crippen molar-refractivity contribution in [1.29, 1.82) is 5.26 Å². The molecule has 2 aromatic rings.